The molecule has 0 spiro atoms. The first-order chi connectivity index (χ1) is 7.09. The van der Waals surface area contributed by atoms with E-state index in [0.717, 1.165) is 5.56 Å². The minimum Gasteiger partial charge on any atom is -0.544 e. The second-order valence-corrected chi connectivity index (χ2v) is 3.64. The summed E-state index contributed by atoms with van der Waals surface area (Å²) in [6, 6.07) is 2.39. The number of aliphatic carboxylic acids is 1. The molecule has 0 amide bonds. The summed E-state index contributed by atoms with van der Waals surface area (Å²) < 4.78 is 0. The van der Waals surface area contributed by atoms with Crippen molar-refractivity contribution >= 4 is 5.97 Å². The van der Waals surface area contributed by atoms with E-state index in [2.05, 4.69) is 0 Å². The van der Waals surface area contributed by atoms with Crippen LogP contribution >= 0.6 is 0 Å². The quantitative estimate of drug-likeness (QED) is 0.459. The van der Waals surface area contributed by atoms with Crippen molar-refractivity contribution in [3.63, 3.8) is 0 Å². The molecule has 1 aromatic rings. The number of phenols is 2. The van der Waals surface area contributed by atoms with Crippen LogP contribution in [-0.2, 0) is 17.8 Å². The Morgan fingerprint density at radius 2 is 2.20 bits per heavy atom. The molecule has 1 aromatic carbocycles. The number of carbonyl (C=O) groups excluding carboxylic acids is 1. The SMILES string of the molecule is O=C([O-])[C@@H]1Cc2ccc(O)c(O)c2C[NH2+]1. The number of rotatable bonds is 1. The van der Waals surface area contributed by atoms with Gasteiger partial charge in [-0.15, -0.1) is 0 Å². The van der Waals surface area contributed by atoms with Crippen LogP contribution in [0.25, 0.3) is 0 Å². The number of quaternary nitrogens is 1. The van der Waals surface area contributed by atoms with Gasteiger partial charge in [0, 0.05) is 6.42 Å². The van der Waals surface area contributed by atoms with Crippen molar-refractivity contribution < 1.29 is 25.4 Å². The number of hydrogen-bond donors (Lipinski definition) is 3. The summed E-state index contributed by atoms with van der Waals surface area (Å²) in [4.78, 5) is 10.7. The summed E-state index contributed by atoms with van der Waals surface area (Å²) in [6.45, 7) is 0.341. The minimum absolute atomic E-state index is 0.152. The van der Waals surface area contributed by atoms with Gasteiger partial charge in [0.15, 0.2) is 11.5 Å². The summed E-state index contributed by atoms with van der Waals surface area (Å²) in [5.41, 5.74) is 1.36. The van der Waals surface area contributed by atoms with E-state index in [1.54, 1.807) is 11.4 Å². The van der Waals surface area contributed by atoms with E-state index in [9.17, 15) is 20.1 Å². The molecule has 0 unspecified atom stereocenters. The van der Waals surface area contributed by atoms with Crippen LogP contribution in [0.4, 0.5) is 0 Å². The Morgan fingerprint density at radius 3 is 2.87 bits per heavy atom. The van der Waals surface area contributed by atoms with E-state index in [-0.39, 0.29) is 11.5 Å². The summed E-state index contributed by atoms with van der Waals surface area (Å²) in [5.74, 6) is -1.43. The second kappa shape index (κ2) is 3.43. The van der Waals surface area contributed by atoms with Gasteiger partial charge in [0.25, 0.3) is 0 Å². The zero-order valence-corrected chi connectivity index (χ0v) is 7.93. The van der Waals surface area contributed by atoms with Gasteiger partial charge in [-0.1, -0.05) is 6.07 Å². The standard InChI is InChI=1S/C10H11NO4/c12-8-2-1-5-3-7(10(14)15)11-4-6(5)9(8)13/h1-2,7,11-13H,3-4H2,(H,14,15)/t7-/m0/s1. The minimum atomic E-state index is -1.10. The fourth-order valence-corrected chi connectivity index (χ4v) is 1.84. The van der Waals surface area contributed by atoms with Crippen LogP contribution in [0.2, 0.25) is 0 Å². The number of benzene rings is 1. The van der Waals surface area contributed by atoms with Gasteiger partial charge < -0.3 is 25.4 Å². The lowest BCUT2D eigenvalue weighted by molar-refractivity contribution is -0.701. The summed E-state index contributed by atoms with van der Waals surface area (Å²) in [7, 11) is 0. The van der Waals surface area contributed by atoms with Crippen LogP contribution in [0.5, 0.6) is 11.5 Å². The molecule has 0 saturated heterocycles. The van der Waals surface area contributed by atoms with Gasteiger partial charge in [-0.3, -0.25) is 0 Å². The zero-order chi connectivity index (χ0) is 11.0. The van der Waals surface area contributed by atoms with Gasteiger partial charge >= 0.3 is 0 Å². The van der Waals surface area contributed by atoms with Crippen LogP contribution in [0.1, 0.15) is 11.1 Å². The lowest BCUT2D eigenvalue weighted by Crippen LogP contribution is -2.93. The second-order valence-electron chi connectivity index (χ2n) is 3.64. The van der Waals surface area contributed by atoms with E-state index < -0.39 is 12.0 Å². The van der Waals surface area contributed by atoms with Crippen LogP contribution in [0.3, 0.4) is 0 Å². The van der Waals surface area contributed by atoms with E-state index in [1.165, 1.54) is 6.07 Å². The lowest BCUT2D eigenvalue weighted by atomic mass is 9.95. The molecule has 1 atom stereocenters. The van der Waals surface area contributed by atoms with Crippen molar-refractivity contribution in [3.8, 4) is 11.5 Å². The van der Waals surface area contributed by atoms with Crippen LogP contribution in [-0.4, -0.2) is 22.2 Å². The van der Waals surface area contributed by atoms with Crippen LogP contribution in [0.15, 0.2) is 12.1 Å². The van der Waals surface area contributed by atoms with Gasteiger partial charge in [-0.05, 0) is 11.6 Å². The van der Waals surface area contributed by atoms with Gasteiger partial charge in [-0.25, -0.2) is 0 Å². The Labute approximate surface area is 86.0 Å². The maximum atomic E-state index is 10.7. The third kappa shape index (κ3) is 1.61. The molecule has 0 bridgehead atoms. The fourth-order valence-electron chi connectivity index (χ4n) is 1.84. The average molecular weight is 209 g/mol. The molecule has 0 fully saturated rings. The first-order valence-corrected chi connectivity index (χ1v) is 4.66. The highest BCUT2D eigenvalue weighted by atomic mass is 16.4. The first-order valence-electron chi connectivity index (χ1n) is 4.66. The first kappa shape index (κ1) is 9.79. The molecule has 4 N–H and O–H groups in total. The molecule has 15 heavy (non-hydrogen) atoms. The highest BCUT2D eigenvalue weighted by Crippen LogP contribution is 2.32. The van der Waals surface area contributed by atoms with Crippen molar-refractivity contribution in [2.24, 2.45) is 0 Å². The van der Waals surface area contributed by atoms with E-state index in [0.29, 0.717) is 18.5 Å². The number of carboxylic acids is 1. The number of hydrogen-bond acceptors (Lipinski definition) is 4. The fraction of sp³-hybridized carbons (Fsp3) is 0.300. The van der Waals surface area contributed by atoms with Crippen molar-refractivity contribution in [1.82, 2.24) is 0 Å². The average Bonchev–Trinajstić information content (AvgIpc) is 2.23. The summed E-state index contributed by atoms with van der Waals surface area (Å²) >= 11 is 0. The number of nitrogens with two attached hydrogens (primary N) is 1. The number of aromatic hydroxyl groups is 2. The molecule has 0 aliphatic carbocycles. The molecule has 0 radical (unpaired) electrons. The Hall–Kier alpha value is -1.75. The van der Waals surface area contributed by atoms with Crippen LogP contribution < -0.4 is 10.4 Å². The maximum Gasteiger partial charge on any atom is 0.166 e. The Balaban J connectivity index is 2.36. The van der Waals surface area contributed by atoms with Crippen molar-refractivity contribution in [2.45, 2.75) is 19.0 Å². The summed E-state index contributed by atoms with van der Waals surface area (Å²) in [5, 5.41) is 31.0. The predicted molar refractivity (Wildman–Crippen MR) is 47.9 cm³/mol. The molecular formula is C10H11NO4. The van der Waals surface area contributed by atoms with Crippen molar-refractivity contribution in [2.75, 3.05) is 0 Å². The highest BCUT2D eigenvalue weighted by molar-refractivity contribution is 5.70. The lowest BCUT2D eigenvalue weighted by Gasteiger charge is -2.24. The van der Waals surface area contributed by atoms with Gasteiger partial charge in [-0.2, -0.15) is 0 Å². The molecule has 5 nitrogen and oxygen atoms in total. The molecule has 1 aliphatic rings. The third-order valence-electron chi connectivity index (χ3n) is 2.71. The van der Waals surface area contributed by atoms with E-state index in [4.69, 9.17) is 0 Å². The molecule has 0 aromatic heterocycles. The molecule has 1 aliphatic heterocycles. The monoisotopic (exact) mass is 209 g/mol. The van der Waals surface area contributed by atoms with Gasteiger partial charge in [0.2, 0.25) is 0 Å². The molecular weight excluding hydrogens is 198 g/mol. The van der Waals surface area contributed by atoms with Crippen LogP contribution in [0, 0.1) is 0 Å². The molecule has 1 heterocycles. The molecule has 2 rings (SSSR count). The predicted octanol–water partition coefficient (Wildman–Crippen LogP) is -2.16. The number of fused-ring (bicyclic) bond motifs is 1. The number of phenolic OH excluding ortho intramolecular Hbond substituents is 2. The molecule has 0 saturated carbocycles. The van der Waals surface area contributed by atoms with E-state index in [1.807, 2.05) is 0 Å². The van der Waals surface area contributed by atoms with Crippen molar-refractivity contribution in [1.29, 1.82) is 0 Å². The number of carbonyl (C=O) groups is 1. The highest BCUT2D eigenvalue weighted by Gasteiger charge is 2.25. The molecule has 5 heteroatoms. The van der Waals surface area contributed by atoms with Crippen molar-refractivity contribution in [3.05, 3.63) is 23.3 Å². The molecule has 80 valence electrons. The Bertz CT molecular complexity index is 416. The summed E-state index contributed by atoms with van der Waals surface area (Å²) in [6.07, 6.45) is 0.311. The van der Waals surface area contributed by atoms with E-state index >= 15 is 0 Å². The zero-order valence-electron chi connectivity index (χ0n) is 7.93. The van der Waals surface area contributed by atoms with Gasteiger partial charge in [0.1, 0.15) is 12.6 Å². The normalized spacial score (nSPS) is 19.6. The maximum absolute atomic E-state index is 10.7. The Morgan fingerprint density at radius 1 is 1.47 bits per heavy atom. The van der Waals surface area contributed by atoms with Gasteiger partial charge in [0.05, 0.1) is 11.5 Å². The Kier molecular flexibility index (Phi) is 2.24. The largest absolute Gasteiger partial charge is 0.544 e. The number of carboxylic acid groups (broad SMARTS) is 1. The smallest absolute Gasteiger partial charge is 0.166 e. The topological polar surface area (TPSA) is 97.2 Å². The third-order valence-corrected chi connectivity index (χ3v) is 2.71.